The van der Waals surface area contributed by atoms with E-state index in [1.54, 1.807) is 0 Å². The van der Waals surface area contributed by atoms with Crippen molar-refractivity contribution in [3.63, 3.8) is 0 Å². The maximum Gasteiger partial charge on any atom is 0.317 e. The van der Waals surface area contributed by atoms with Crippen molar-refractivity contribution in [1.29, 1.82) is 0 Å². The molecule has 3 heterocycles. The highest BCUT2D eigenvalue weighted by molar-refractivity contribution is 5.74. The number of rotatable bonds is 2. The summed E-state index contributed by atoms with van der Waals surface area (Å²) in [5.74, 6) is 0. The number of fused-ring (bicyclic) bond motifs is 1. The van der Waals surface area contributed by atoms with Gasteiger partial charge in [0.2, 0.25) is 0 Å². The van der Waals surface area contributed by atoms with E-state index in [9.17, 15) is 4.79 Å². The normalized spacial score (nSPS) is 22.3. The molecule has 0 aromatic carbocycles. The lowest BCUT2D eigenvalue weighted by molar-refractivity contribution is 0.188. The monoisotopic (exact) mass is 302 g/mol. The van der Waals surface area contributed by atoms with Crippen molar-refractivity contribution in [3.8, 4) is 0 Å². The predicted octanol–water partition coefficient (Wildman–Crippen LogP) is 2.08. The van der Waals surface area contributed by atoms with Gasteiger partial charge < -0.3 is 10.2 Å². The molecule has 3 rings (SSSR count). The van der Waals surface area contributed by atoms with E-state index in [0.29, 0.717) is 12.6 Å². The number of nitrogens with one attached hydrogen (secondary N) is 1. The topological polar surface area (TPSA) is 48.5 Å². The molecule has 1 aromatic rings. The fraction of sp³-hybridized carbons (Fsp3) is 0.647. The Bertz CT molecular complexity index is 545. The lowest BCUT2D eigenvalue weighted by atomic mass is 10.1. The van der Waals surface area contributed by atoms with E-state index < -0.39 is 0 Å². The van der Waals surface area contributed by atoms with Gasteiger partial charge in [0.25, 0.3) is 0 Å². The molecule has 5 nitrogen and oxygen atoms in total. The largest absolute Gasteiger partial charge is 0.334 e. The summed E-state index contributed by atoms with van der Waals surface area (Å²) in [6.07, 6.45) is 5.43. The minimum absolute atomic E-state index is 0.0620. The number of hydrogen-bond acceptors (Lipinski definition) is 3. The lowest BCUT2D eigenvalue weighted by Crippen LogP contribution is -2.44. The molecule has 0 spiro atoms. The minimum atomic E-state index is 0.0620. The van der Waals surface area contributed by atoms with Crippen molar-refractivity contribution in [2.24, 2.45) is 0 Å². The molecule has 1 aromatic heterocycles. The van der Waals surface area contributed by atoms with Crippen LogP contribution in [0.5, 0.6) is 0 Å². The number of amides is 2. The van der Waals surface area contributed by atoms with E-state index in [1.807, 2.05) is 18.0 Å². The van der Waals surface area contributed by atoms with Crippen molar-refractivity contribution >= 4 is 6.03 Å². The summed E-state index contributed by atoms with van der Waals surface area (Å²) in [7, 11) is 0. The molecule has 2 amide bonds. The molecule has 0 saturated carbocycles. The third kappa shape index (κ3) is 3.40. The van der Waals surface area contributed by atoms with Crippen molar-refractivity contribution in [2.75, 3.05) is 26.2 Å². The summed E-state index contributed by atoms with van der Waals surface area (Å²) in [5.41, 5.74) is 3.28. The fourth-order valence-electron chi connectivity index (χ4n) is 3.48. The van der Waals surface area contributed by atoms with Crippen molar-refractivity contribution in [1.82, 2.24) is 20.1 Å². The maximum atomic E-state index is 12.4. The third-order valence-electron chi connectivity index (χ3n) is 4.93. The molecule has 120 valence electrons. The number of aryl methyl sites for hydroxylation is 2. The molecule has 1 atom stereocenters. The van der Waals surface area contributed by atoms with Crippen LogP contribution in [0, 0.1) is 13.8 Å². The van der Waals surface area contributed by atoms with Gasteiger partial charge in [-0.1, -0.05) is 6.07 Å². The molecule has 2 saturated heterocycles. The molecule has 22 heavy (non-hydrogen) atoms. The first kappa shape index (κ1) is 15.3. The number of pyridine rings is 1. The number of aromatic nitrogens is 1. The van der Waals surface area contributed by atoms with Gasteiger partial charge in [0.1, 0.15) is 0 Å². The van der Waals surface area contributed by atoms with E-state index in [2.05, 4.69) is 28.2 Å². The molecular formula is C17H26N4O. The van der Waals surface area contributed by atoms with Crippen LogP contribution in [0.15, 0.2) is 12.3 Å². The van der Waals surface area contributed by atoms with Crippen LogP contribution < -0.4 is 5.32 Å². The Morgan fingerprint density at radius 1 is 1.32 bits per heavy atom. The van der Waals surface area contributed by atoms with E-state index >= 15 is 0 Å². The molecule has 2 aliphatic heterocycles. The average molecular weight is 302 g/mol. The Labute approximate surface area is 132 Å². The number of carbonyl (C=O) groups is 1. The van der Waals surface area contributed by atoms with E-state index in [4.69, 9.17) is 0 Å². The SMILES string of the molecule is Cc1cc(CNC(=O)N2CCCN3CCC[C@H]3C2)cnc1C. The Kier molecular flexibility index (Phi) is 4.62. The molecule has 2 fully saturated rings. The summed E-state index contributed by atoms with van der Waals surface area (Å²) in [6.45, 7) is 8.68. The van der Waals surface area contributed by atoms with Crippen LogP contribution in [0.25, 0.3) is 0 Å². The van der Waals surface area contributed by atoms with Crippen molar-refractivity contribution in [3.05, 3.63) is 29.1 Å². The van der Waals surface area contributed by atoms with Gasteiger partial charge in [0, 0.05) is 44.1 Å². The van der Waals surface area contributed by atoms with Gasteiger partial charge in [0.05, 0.1) is 0 Å². The summed E-state index contributed by atoms with van der Waals surface area (Å²) < 4.78 is 0. The van der Waals surface area contributed by atoms with Gasteiger partial charge in [0.15, 0.2) is 0 Å². The zero-order chi connectivity index (χ0) is 15.5. The van der Waals surface area contributed by atoms with Crippen LogP contribution >= 0.6 is 0 Å². The summed E-state index contributed by atoms with van der Waals surface area (Å²) in [4.78, 5) is 21.3. The highest BCUT2D eigenvalue weighted by Crippen LogP contribution is 2.21. The first-order valence-electron chi connectivity index (χ1n) is 8.32. The zero-order valence-electron chi connectivity index (χ0n) is 13.6. The first-order chi connectivity index (χ1) is 10.6. The maximum absolute atomic E-state index is 12.4. The van der Waals surface area contributed by atoms with E-state index in [0.717, 1.165) is 37.3 Å². The second-order valence-electron chi connectivity index (χ2n) is 6.54. The summed E-state index contributed by atoms with van der Waals surface area (Å²) in [6, 6.07) is 2.73. The molecular weight excluding hydrogens is 276 g/mol. The van der Waals surface area contributed by atoms with Crippen molar-refractivity contribution in [2.45, 2.75) is 45.7 Å². The smallest absolute Gasteiger partial charge is 0.317 e. The van der Waals surface area contributed by atoms with Crippen LogP contribution in [0.4, 0.5) is 4.79 Å². The fourth-order valence-corrected chi connectivity index (χ4v) is 3.48. The van der Waals surface area contributed by atoms with Crippen molar-refractivity contribution < 1.29 is 4.79 Å². The van der Waals surface area contributed by atoms with Gasteiger partial charge in [-0.3, -0.25) is 9.88 Å². The van der Waals surface area contributed by atoms with Gasteiger partial charge in [-0.2, -0.15) is 0 Å². The van der Waals surface area contributed by atoms with Gasteiger partial charge in [-0.25, -0.2) is 4.79 Å². The van der Waals surface area contributed by atoms with E-state index in [-0.39, 0.29) is 6.03 Å². The van der Waals surface area contributed by atoms with Crippen LogP contribution in [-0.2, 0) is 6.54 Å². The first-order valence-corrected chi connectivity index (χ1v) is 8.32. The van der Waals surface area contributed by atoms with Crippen LogP contribution in [0.1, 0.15) is 36.1 Å². The zero-order valence-corrected chi connectivity index (χ0v) is 13.6. The minimum Gasteiger partial charge on any atom is -0.334 e. The van der Waals surface area contributed by atoms with Crippen LogP contribution in [-0.4, -0.2) is 53.0 Å². The predicted molar refractivity (Wildman–Crippen MR) is 86.7 cm³/mol. The quantitative estimate of drug-likeness (QED) is 0.910. The molecule has 5 heteroatoms. The lowest BCUT2D eigenvalue weighted by Gasteiger charge is -2.25. The Hall–Kier alpha value is -1.62. The van der Waals surface area contributed by atoms with Gasteiger partial charge in [-0.15, -0.1) is 0 Å². The third-order valence-corrected chi connectivity index (χ3v) is 4.93. The van der Waals surface area contributed by atoms with Crippen LogP contribution in [0.3, 0.4) is 0 Å². The molecule has 2 aliphatic rings. The highest BCUT2D eigenvalue weighted by Gasteiger charge is 2.30. The van der Waals surface area contributed by atoms with Crippen LogP contribution in [0.2, 0.25) is 0 Å². The Balaban J connectivity index is 1.55. The second-order valence-corrected chi connectivity index (χ2v) is 6.54. The molecule has 0 bridgehead atoms. The van der Waals surface area contributed by atoms with Gasteiger partial charge in [-0.05, 0) is 50.8 Å². The molecule has 0 unspecified atom stereocenters. The van der Waals surface area contributed by atoms with Gasteiger partial charge >= 0.3 is 6.03 Å². The number of urea groups is 1. The Morgan fingerprint density at radius 3 is 2.95 bits per heavy atom. The molecule has 0 radical (unpaired) electrons. The Morgan fingerprint density at radius 2 is 2.14 bits per heavy atom. The standard InChI is InChI=1S/C17H26N4O/c1-13-9-15(10-18-14(13)2)11-19-17(22)21-8-4-7-20-6-3-5-16(20)12-21/h9-10,16H,3-8,11-12H2,1-2H3,(H,19,22)/t16-/m0/s1. The summed E-state index contributed by atoms with van der Waals surface area (Å²) in [5, 5.41) is 3.05. The molecule has 0 aliphatic carbocycles. The number of hydrogen-bond donors (Lipinski definition) is 1. The molecule has 1 N–H and O–H groups in total. The highest BCUT2D eigenvalue weighted by atomic mass is 16.2. The number of carbonyl (C=O) groups excluding carboxylic acids is 1. The second kappa shape index (κ2) is 6.65. The average Bonchev–Trinajstić information content (AvgIpc) is 2.85. The van der Waals surface area contributed by atoms with E-state index in [1.165, 1.54) is 24.9 Å². The summed E-state index contributed by atoms with van der Waals surface area (Å²) >= 11 is 0. The number of nitrogens with zero attached hydrogens (tertiary/aromatic N) is 3.